The van der Waals surface area contributed by atoms with Gasteiger partial charge in [0, 0.05) is 35.1 Å². The SMILES string of the molecule is CC(c1c[nH]c2ncccc12)N(N)c1nc(-c2cnn(CCO)c2)ccc1N. The highest BCUT2D eigenvalue weighted by Crippen LogP contribution is 2.32. The Morgan fingerprint density at radius 1 is 1.32 bits per heavy atom. The van der Waals surface area contributed by atoms with E-state index in [1.54, 1.807) is 28.2 Å². The predicted octanol–water partition coefficient (Wildman–Crippen LogP) is 1.84. The zero-order valence-electron chi connectivity index (χ0n) is 15.4. The van der Waals surface area contributed by atoms with Crippen molar-refractivity contribution >= 4 is 22.5 Å². The second-order valence-corrected chi connectivity index (χ2v) is 6.55. The predicted molar refractivity (Wildman–Crippen MR) is 108 cm³/mol. The first-order valence-corrected chi connectivity index (χ1v) is 8.94. The highest BCUT2D eigenvalue weighted by Gasteiger charge is 2.21. The minimum Gasteiger partial charge on any atom is -0.396 e. The maximum Gasteiger partial charge on any atom is 0.167 e. The highest BCUT2D eigenvalue weighted by atomic mass is 16.3. The molecule has 0 fully saturated rings. The first kappa shape index (κ1) is 18.0. The summed E-state index contributed by atoms with van der Waals surface area (Å²) in [5, 5.41) is 15.8. The summed E-state index contributed by atoms with van der Waals surface area (Å²) in [7, 11) is 0. The van der Waals surface area contributed by atoms with E-state index in [1.807, 2.05) is 37.5 Å². The van der Waals surface area contributed by atoms with E-state index in [1.165, 1.54) is 0 Å². The Hall–Kier alpha value is -3.43. The van der Waals surface area contributed by atoms with Gasteiger partial charge in [-0.25, -0.2) is 15.8 Å². The first-order chi connectivity index (χ1) is 13.6. The van der Waals surface area contributed by atoms with Crippen molar-refractivity contribution in [1.82, 2.24) is 24.7 Å². The number of H-pyrrole nitrogens is 1. The molecular formula is C19H22N8O. The van der Waals surface area contributed by atoms with Gasteiger partial charge in [-0.15, -0.1) is 0 Å². The summed E-state index contributed by atoms with van der Waals surface area (Å²) < 4.78 is 1.66. The molecule has 0 aromatic carbocycles. The molecule has 9 nitrogen and oxygen atoms in total. The summed E-state index contributed by atoms with van der Waals surface area (Å²) in [4.78, 5) is 12.1. The number of nitrogens with zero attached hydrogens (tertiary/aromatic N) is 5. The van der Waals surface area contributed by atoms with Crippen molar-refractivity contribution in [2.24, 2.45) is 5.84 Å². The Bertz CT molecular complexity index is 1100. The standard InChI is InChI=1S/C19H22N8O/c1-12(15-10-23-18-14(15)3-2-6-22-18)27(21)19-16(20)4-5-17(25-19)13-9-24-26(11-13)7-8-28/h2-6,9-12,28H,7-8,20-21H2,1H3,(H,22,23). The van der Waals surface area contributed by atoms with Crippen LogP contribution in [0, 0.1) is 0 Å². The largest absolute Gasteiger partial charge is 0.396 e. The van der Waals surface area contributed by atoms with Crippen LogP contribution in [-0.2, 0) is 6.54 Å². The molecule has 0 aliphatic heterocycles. The smallest absolute Gasteiger partial charge is 0.167 e. The van der Waals surface area contributed by atoms with E-state index < -0.39 is 0 Å². The average molecular weight is 378 g/mol. The molecule has 144 valence electrons. The Kier molecular flexibility index (Phi) is 4.68. The van der Waals surface area contributed by atoms with Crippen molar-refractivity contribution in [3.63, 3.8) is 0 Å². The number of hydrogen-bond acceptors (Lipinski definition) is 7. The lowest BCUT2D eigenvalue weighted by Gasteiger charge is -2.26. The quantitative estimate of drug-likeness (QED) is 0.297. The van der Waals surface area contributed by atoms with Gasteiger partial charge >= 0.3 is 0 Å². The molecule has 0 saturated carbocycles. The van der Waals surface area contributed by atoms with Gasteiger partial charge < -0.3 is 15.8 Å². The zero-order chi connectivity index (χ0) is 19.7. The van der Waals surface area contributed by atoms with E-state index in [-0.39, 0.29) is 12.6 Å². The maximum absolute atomic E-state index is 9.06. The fourth-order valence-electron chi connectivity index (χ4n) is 3.20. The molecule has 4 aromatic heterocycles. The van der Waals surface area contributed by atoms with Crippen molar-refractivity contribution in [3.05, 3.63) is 54.6 Å². The van der Waals surface area contributed by atoms with Crippen molar-refractivity contribution in [3.8, 4) is 11.3 Å². The van der Waals surface area contributed by atoms with Gasteiger partial charge in [-0.2, -0.15) is 5.10 Å². The van der Waals surface area contributed by atoms with Crippen LogP contribution in [0.2, 0.25) is 0 Å². The number of aliphatic hydroxyl groups excluding tert-OH is 1. The van der Waals surface area contributed by atoms with E-state index in [4.69, 9.17) is 16.7 Å². The van der Waals surface area contributed by atoms with E-state index in [2.05, 4.69) is 20.1 Å². The van der Waals surface area contributed by atoms with Gasteiger partial charge in [0.2, 0.25) is 0 Å². The molecule has 0 saturated heterocycles. The fourth-order valence-corrected chi connectivity index (χ4v) is 3.20. The minimum atomic E-state index is -0.180. The van der Waals surface area contributed by atoms with Crippen LogP contribution in [0.3, 0.4) is 0 Å². The molecule has 0 amide bonds. The molecular weight excluding hydrogens is 356 g/mol. The van der Waals surface area contributed by atoms with Crippen LogP contribution in [-0.4, -0.2) is 36.4 Å². The molecule has 6 N–H and O–H groups in total. The molecule has 0 spiro atoms. The Balaban J connectivity index is 1.67. The van der Waals surface area contributed by atoms with Crippen molar-refractivity contribution in [1.29, 1.82) is 0 Å². The van der Waals surface area contributed by atoms with Crippen LogP contribution >= 0.6 is 0 Å². The van der Waals surface area contributed by atoms with Gasteiger partial charge in [0.1, 0.15) is 5.65 Å². The lowest BCUT2D eigenvalue weighted by Crippen LogP contribution is -2.35. The number of rotatable bonds is 6. The van der Waals surface area contributed by atoms with Gasteiger partial charge in [0.05, 0.1) is 36.8 Å². The molecule has 4 aromatic rings. The lowest BCUT2D eigenvalue weighted by atomic mass is 10.1. The molecule has 1 atom stereocenters. The topological polar surface area (TPSA) is 135 Å². The van der Waals surface area contributed by atoms with Crippen LogP contribution in [0.4, 0.5) is 11.5 Å². The number of nitrogens with two attached hydrogens (primary N) is 2. The van der Waals surface area contributed by atoms with Crippen molar-refractivity contribution in [2.45, 2.75) is 19.5 Å². The molecule has 0 aliphatic rings. The number of anilines is 2. The second-order valence-electron chi connectivity index (χ2n) is 6.55. The first-order valence-electron chi connectivity index (χ1n) is 8.94. The van der Waals surface area contributed by atoms with Crippen LogP contribution in [0.25, 0.3) is 22.3 Å². The lowest BCUT2D eigenvalue weighted by molar-refractivity contribution is 0.269. The van der Waals surface area contributed by atoms with Gasteiger partial charge in [0.25, 0.3) is 0 Å². The van der Waals surface area contributed by atoms with Crippen LogP contribution in [0.5, 0.6) is 0 Å². The number of hydrazine groups is 1. The molecule has 0 bridgehead atoms. The van der Waals surface area contributed by atoms with E-state index in [0.29, 0.717) is 23.7 Å². The molecule has 4 rings (SSSR count). The average Bonchev–Trinajstić information content (AvgIpc) is 3.35. The molecule has 4 heterocycles. The minimum absolute atomic E-state index is 0.0229. The third-order valence-electron chi connectivity index (χ3n) is 4.76. The summed E-state index contributed by atoms with van der Waals surface area (Å²) in [6, 6.07) is 7.32. The normalized spacial score (nSPS) is 12.4. The van der Waals surface area contributed by atoms with E-state index in [9.17, 15) is 0 Å². The Morgan fingerprint density at radius 3 is 3.00 bits per heavy atom. The summed E-state index contributed by atoms with van der Waals surface area (Å²) in [6.45, 7) is 2.44. The summed E-state index contributed by atoms with van der Waals surface area (Å²) in [6.07, 6.45) is 7.18. The van der Waals surface area contributed by atoms with Gasteiger partial charge in [-0.3, -0.25) is 9.69 Å². The zero-order valence-corrected chi connectivity index (χ0v) is 15.4. The summed E-state index contributed by atoms with van der Waals surface area (Å²) >= 11 is 0. The maximum atomic E-state index is 9.06. The van der Waals surface area contributed by atoms with Crippen molar-refractivity contribution < 1.29 is 5.11 Å². The third kappa shape index (κ3) is 3.17. The Morgan fingerprint density at radius 2 is 2.18 bits per heavy atom. The fraction of sp³-hybridized carbons (Fsp3) is 0.211. The van der Waals surface area contributed by atoms with Crippen LogP contribution in [0.1, 0.15) is 18.5 Å². The third-order valence-corrected chi connectivity index (χ3v) is 4.76. The monoisotopic (exact) mass is 378 g/mol. The number of fused-ring (bicyclic) bond motifs is 1. The Labute approximate surface area is 161 Å². The molecule has 28 heavy (non-hydrogen) atoms. The molecule has 0 aliphatic carbocycles. The van der Waals surface area contributed by atoms with Crippen LogP contribution in [0.15, 0.2) is 49.1 Å². The van der Waals surface area contributed by atoms with Gasteiger partial charge in [0.15, 0.2) is 5.82 Å². The number of nitrogens with one attached hydrogen (secondary N) is 1. The molecule has 9 heteroatoms. The number of aromatic amines is 1. The van der Waals surface area contributed by atoms with E-state index >= 15 is 0 Å². The van der Waals surface area contributed by atoms with E-state index in [0.717, 1.165) is 22.2 Å². The van der Waals surface area contributed by atoms with Gasteiger partial charge in [-0.1, -0.05) is 0 Å². The molecule has 0 radical (unpaired) electrons. The number of hydrogen-bond donors (Lipinski definition) is 4. The number of pyridine rings is 2. The number of aromatic nitrogens is 5. The number of nitrogen functional groups attached to an aromatic ring is 1. The van der Waals surface area contributed by atoms with Crippen molar-refractivity contribution in [2.75, 3.05) is 17.3 Å². The highest BCUT2D eigenvalue weighted by molar-refractivity contribution is 5.81. The second kappa shape index (κ2) is 7.29. The summed E-state index contributed by atoms with van der Waals surface area (Å²) in [5.74, 6) is 6.91. The molecule has 1 unspecified atom stereocenters. The van der Waals surface area contributed by atoms with Crippen LogP contribution < -0.4 is 16.6 Å². The summed E-state index contributed by atoms with van der Waals surface area (Å²) in [5.41, 5.74) is 10.00. The van der Waals surface area contributed by atoms with Gasteiger partial charge in [-0.05, 0) is 31.2 Å². The number of aliphatic hydroxyl groups is 1.